The number of carbonyl (C=O) groups is 1. The van der Waals surface area contributed by atoms with Crippen molar-refractivity contribution in [3.63, 3.8) is 0 Å². The van der Waals surface area contributed by atoms with Crippen LogP contribution in [-0.2, 0) is 6.42 Å². The Labute approximate surface area is 99.6 Å². The molecular weight excluding hydrogens is 276 g/mol. The van der Waals surface area contributed by atoms with Gasteiger partial charge in [-0.2, -0.15) is 5.10 Å². The van der Waals surface area contributed by atoms with Crippen LogP contribution in [0.25, 0.3) is 0 Å². The SMILES string of the molecule is O=C(NCCc1ncn[nH]1)c1ccc(Br)o1. The van der Waals surface area contributed by atoms with Crippen molar-refractivity contribution >= 4 is 21.8 Å². The van der Waals surface area contributed by atoms with Crippen LogP contribution >= 0.6 is 15.9 Å². The monoisotopic (exact) mass is 284 g/mol. The van der Waals surface area contributed by atoms with E-state index in [0.717, 1.165) is 5.82 Å². The van der Waals surface area contributed by atoms with Gasteiger partial charge in [-0.3, -0.25) is 9.89 Å². The number of H-pyrrole nitrogens is 1. The molecule has 7 heteroatoms. The third-order valence-electron chi connectivity index (χ3n) is 1.91. The van der Waals surface area contributed by atoms with E-state index in [0.29, 0.717) is 17.6 Å². The molecule has 0 saturated heterocycles. The standard InChI is InChI=1S/C9H9BrN4O2/c10-7-2-1-6(16-7)9(15)11-4-3-8-12-5-13-14-8/h1-2,5H,3-4H2,(H,11,15)(H,12,13,14). The Kier molecular flexibility index (Phi) is 3.35. The summed E-state index contributed by atoms with van der Waals surface area (Å²) in [5, 5.41) is 9.13. The molecule has 84 valence electrons. The van der Waals surface area contributed by atoms with Crippen LogP contribution in [0.3, 0.4) is 0 Å². The maximum atomic E-state index is 11.5. The average molecular weight is 285 g/mol. The number of aromatic amines is 1. The van der Waals surface area contributed by atoms with E-state index >= 15 is 0 Å². The molecule has 2 rings (SSSR count). The lowest BCUT2D eigenvalue weighted by molar-refractivity contribution is 0.0925. The summed E-state index contributed by atoms with van der Waals surface area (Å²) in [5.74, 6) is 0.774. The third-order valence-corrected chi connectivity index (χ3v) is 2.34. The first-order chi connectivity index (χ1) is 7.75. The van der Waals surface area contributed by atoms with Crippen LogP contribution in [0.15, 0.2) is 27.5 Å². The lowest BCUT2D eigenvalue weighted by Crippen LogP contribution is -2.25. The Balaban J connectivity index is 1.80. The summed E-state index contributed by atoms with van der Waals surface area (Å²) in [6, 6.07) is 3.28. The van der Waals surface area contributed by atoms with E-state index in [1.807, 2.05) is 0 Å². The molecule has 0 aliphatic carbocycles. The van der Waals surface area contributed by atoms with Gasteiger partial charge in [0.05, 0.1) is 0 Å². The predicted molar refractivity (Wildman–Crippen MR) is 58.8 cm³/mol. The topological polar surface area (TPSA) is 83.8 Å². The summed E-state index contributed by atoms with van der Waals surface area (Å²) in [5.41, 5.74) is 0. The highest BCUT2D eigenvalue weighted by molar-refractivity contribution is 9.10. The number of halogens is 1. The Hall–Kier alpha value is -1.63. The summed E-state index contributed by atoms with van der Waals surface area (Å²) >= 11 is 3.13. The highest BCUT2D eigenvalue weighted by Gasteiger charge is 2.09. The molecule has 6 nitrogen and oxygen atoms in total. The van der Waals surface area contributed by atoms with Crippen molar-refractivity contribution < 1.29 is 9.21 Å². The van der Waals surface area contributed by atoms with Crippen LogP contribution < -0.4 is 5.32 Å². The molecule has 2 aromatic heterocycles. The fraction of sp³-hybridized carbons (Fsp3) is 0.222. The van der Waals surface area contributed by atoms with Gasteiger partial charge in [-0.15, -0.1) is 0 Å². The first kappa shape index (κ1) is 10.9. The summed E-state index contributed by atoms with van der Waals surface area (Å²) < 4.78 is 5.64. The van der Waals surface area contributed by atoms with Gasteiger partial charge in [-0.1, -0.05) is 0 Å². The maximum Gasteiger partial charge on any atom is 0.287 e. The summed E-state index contributed by atoms with van der Waals surface area (Å²) in [6.07, 6.45) is 2.04. The predicted octanol–water partition coefficient (Wildman–Crippen LogP) is 1.13. The summed E-state index contributed by atoms with van der Waals surface area (Å²) in [7, 11) is 0. The molecule has 1 amide bonds. The molecule has 16 heavy (non-hydrogen) atoms. The molecule has 0 fully saturated rings. The highest BCUT2D eigenvalue weighted by atomic mass is 79.9. The quantitative estimate of drug-likeness (QED) is 0.882. The van der Waals surface area contributed by atoms with Gasteiger partial charge < -0.3 is 9.73 Å². The molecule has 0 aromatic carbocycles. The number of rotatable bonds is 4. The lowest BCUT2D eigenvalue weighted by Gasteiger charge is -2.00. The third kappa shape index (κ3) is 2.69. The minimum atomic E-state index is -0.245. The number of hydrogen-bond donors (Lipinski definition) is 2. The van der Waals surface area contributed by atoms with Crippen molar-refractivity contribution in [1.82, 2.24) is 20.5 Å². The smallest absolute Gasteiger partial charge is 0.287 e. The molecule has 0 spiro atoms. The van der Waals surface area contributed by atoms with Gasteiger partial charge in [0.25, 0.3) is 5.91 Å². The van der Waals surface area contributed by atoms with Crippen LogP contribution in [0.1, 0.15) is 16.4 Å². The fourth-order valence-corrected chi connectivity index (χ4v) is 1.48. The molecule has 0 bridgehead atoms. The first-order valence-electron chi connectivity index (χ1n) is 4.63. The number of amides is 1. The second-order valence-corrected chi connectivity index (χ2v) is 3.82. The number of nitrogens with zero attached hydrogens (tertiary/aromatic N) is 2. The van der Waals surface area contributed by atoms with Crippen LogP contribution in [-0.4, -0.2) is 27.6 Å². The summed E-state index contributed by atoms with van der Waals surface area (Å²) in [4.78, 5) is 15.5. The number of furan rings is 1. The number of nitrogens with one attached hydrogen (secondary N) is 2. The Morgan fingerprint density at radius 2 is 2.44 bits per heavy atom. The molecule has 2 N–H and O–H groups in total. The Morgan fingerprint density at radius 1 is 1.56 bits per heavy atom. The van der Waals surface area contributed by atoms with Crippen LogP contribution in [0, 0.1) is 0 Å². The molecule has 0 unspecified atom stereocenters. The minimum Gasteiger partial charge on any atom is -0.444 e. The molecular formula is C9H9BrN4O2. The Bertz CT molecular complexity index is 466. The van der Waals surface area contributed by atoms with Crippen molar-refractivity contribution in [3.05, 3.63) is 34.7 Å². The van der Waals surface area contributed by atoms with Crippen molar-refractivity contribution in [2.45, 2.75) is 6.42 Å². The van der Waals surface area contributed by atoms with Crippen LogP contribution in [0.4, 0.5) is 0 Å². The highest BCUT2D eigenvalue weighted by Crippen LogP contribution is 2.13. The molecule has 0 saturated carbocycles. The van der Waals surface area contributed by atoms with Gasteiger partial charge in [-0.05, 0) is 28.1 Å². The number of hydrogen-bond acceptors (Lipinski definition) is 4. The molecule has 0 radical (unpaired) electrons. The minimum absolute atomic E-state index is 0.245. The van der Waals surface area contributed by atoms with Crippen molar-refractivity contribution in [2.24, 2.45) is 0 Å². The zero-order chi connectivity index (χ0) is 11.4. The first-order valence-corrected chi connectivity index (χ1v) is 5.43. The van der Waals surface area contributed by atoms with Gasteiger partial charge in [0.1, 0.15) is 12.2 Å². The van der Waals surface area contributed by atoms with E-state index < -0.39 is 0 Å². The van der Waals surface area contributed by atoms with E-state index in [9.17, 15) is 4.79 Å². The average Bonchev–Trinajstić information content (AvgIpc) is 2.89. The van der Waals surface area contributed by atoms with Crippen molar-refractivity contribution in [1.29, 1.82) is 0 Å². The lowest BCUT2D eigenvalue weighted by atomic mass is 10.3. The largest absolute Gasteiger partial charge is 0.444 e. The Morgan fingerprint density at radius 3 is 3.06 bits per heavy atom. The fourth-order valence-electron chi connectivity index (χ4n) is 1.17. The van der Waals surface area contributed by atoms with Crippen LogP contribution in [0.5, 0.6) is 0 Å². The second kappa shape index (κ2) is 4.93. The zero-order valence-electron chi connectivity index (χ0n) is 8.24. The molecule has 0 aliphatic heterocycles. The zero-order valence-corrected chi connectivity index (χ0v) is 9.82. The van der Waals surface area contributed by atoms with Crippen molar-refractivity contribution in [3.8, 4) is 0 Å². The summed E-state index contributed by atoms with van der Waals surface area (Å²) in [6.45, 7) is 0.479. The van der Waals surface area contributed by atoms with Gasteiger partial charge in [0.15, 0.2) is 10.4 Å². The van der Waals surface area contributed by atoms with Gasteiger partial charge in [0, 0.05) is 13.0 Å². The number of carbonyl (C=O) groups excluding carboxylic acids is 1. The number of aromatic nitrogens is 3. The van der Waals surface area contributed by atoms with Gasteiger partial charge >= 0.3 is 0 Å². The second-order valence-electron chi connectivity index (χ2n) is 3.04. The van der Waals surface area contributed by atoms with Gasteiger partial charge in [0.2, 0.25) is 0 Å². The maximum absolute atomic E-state index is 11.5. The van der Waals surface area contributed by atoms with E-state index in [4.69, 9.17) is 4.42 Å². The molecule has 0 aliphatic rings. The molecule has 0 atom stereocenters. The van der Waals surface area contributed by atoms with E-state index in [2.05, 4.69) is 36.4 Å². The molecule has 2 heterocycles. The molecule has 2 aromatic rings. The van der Waals surface area contributed by atoms with Gasteiger partial charge in [-0.25, -0.2) is 4.98 Å². The van der Waals surface area contributed by atoms with E-state index in [1.165, 1.54) is 6.33 Å². The van der Waals surface area contributed by atoms with Crippen molar-refractivity contribution in [2.75, 3.05) is 6.54 Å². The normalized spacial score (nSPS) is 10.3. The van der Waals surface area contributed by atoms with Crippen LogP contribution in [0.2, 0.25) is 0 Å². The van der Waals surface area contributed by atoms with E-state index in [-0.39, 0.29) is 11.7 Å². The van der Waals surface area contributed by atoms with E-state index in [1.54, 1.807) is 12.1 Å².